The van der Waals surface area contributed by atoms with E-state index in [9.17, 15) is 4.79 Å². The van der Waals surface area contributed by atoms with Gasteiger partial charge >= 0.3 is 0 Å². The van der Waals surface area contributed by atoms with Gasteiger partial charge in [-0.2, -0.15) is 14.6 Å². The van der Waals surface area contributed by atoms with Gasteiger partial charge in [0.05, 0.1) is 29.6 Å². The first-order valence-electron chi connectivity index (χ1n) is 15.6. The molecule has 4 fully saturated rings. The van der Waals surface area contributed by atoms with E-state index >= 15 is 0 Å². The zero-order valence-electron chi connectivity index (χ0n) is 25.0. The number of methoxy groups -OCH3 is 1. The number of aromatic nitrogens is 5. The largest absolute Gasteiger partial charge is 0.493 e. The minimum Gasteiger partial charge on any atom is -0.493 e. The molecule has 3 aromatic heterocycles. The van der Waals surface area contributed by atoms with Crippen molar-refractivity contribution < 1.29 is 9.47 Å². The Hall–Kier alpha value is -4.24. The molecule has 4 aliphatic carbocycles. The lowest BCUT2D eigenvalue weighted by Crippen LogP contribution is -2.49. The second kappa shape index (κ2) is 10.7. The van der Waals surface area contributed by atoms with E-state index in [2.05, 4.69) is 28.4 Å². The summed E-state index contributed by atoms with van der Waals surface area (Å²) in [6.07, 6.45) is 15.6. The summed E-state index contributed by atoms with van der Waals surface area (Å²) in [5, 5.41) is 9.79. The molecule has 5 aromatic rings. The molecule has 3 heterocycles. The number of nitrogens with zero attached hydrogens (tertiary/aromatic N) is 5. The van der Waals surface area contributed by atoms with Crippen molar-refractivity contribution in [1.82, 2.24) is 24.4 Å². The van der Waals surface area contributed by atoms with Gasteiger partial charge in [0.1, 0.15) is 0 Å². The van der Waals surface area contributed by atoms with Gasteiger partial charge in [-0.05, 0) is 105 Å². The molecule has 44 heavy (non-hydrogen) atoms. The molecule has 0 spiro atoms. The molecule has 2 aromatic carbocycles. The van der Waals surface area contributed by atoms with Gasteiger partial charge in [-0.15, -0.1) is 5.10 Å². The standard InChI is InChI=1S/C35H35N5O3S/c1-3-43-28-11-9-22(16-29(28)42-2)10-12-31-36-34-40(37-31)33(41)30(44-34)17-26-21-39(27-7-5-4-6-8-27)38-32(26)35-18-23-13-24(19-35)15-25(14-23)20-35/h4-12,16-17,21,23-25H,3,13-15,18-20H2,1-2H3/b12-10+,30-17-. The van der Waals surface area contributed by atoms with E-state index in [1.165, 1.54) is 54.4 Å². The molecule has 4 bridgehead atoms. The Morgan fingerprint density at radius 3 is 2.41 bits per heavy atom. The van der Waals surface area contributed by atoms with Gasteiger partial charge in [-0.25, -0.2) is 4.68 Å². The summed E-state index contributed by atoms with van der Waals surface area (Å²) in [7, 11) is 1.62. The molecule has 0 atom stereocenters. The van der Waals surface area contributed by atoms with E-state index < -0.39 is 0 Å². The molecular weight excluding hydrogens is 570 g/mol. The van der Waals surface area contributed by atoms with Gasteiger partial charge in [0.15, 0.2) is 17.3 Å². The summed E-state index contributed by atoms with van der Waals surface area (Å²) in [5.41, 5.74) is 4.11. The van der Waals surface area contributed by atoms with E-state index in [0.717, 1.165) is 40.3 Å². The van der Waals surface area contributed by atoms with Gasteiger partial charge in [0, 0.05) is 17.2 Å². The van der Waals surface area contributed by atoms with Crippen molar-refractivity contribution in [2.24, 2.45) is 17.8 Å². The Balaban J connectivity index is 1.15. The summed E-state index contributed by atoms with van der Waals surface area (Å²) in [4.78, 5) is 18.8. The molecule has 9 rings (SSSR count). The molecule has 0 radical (unpaired) electrons. The lowest BCUT2D eigenvalue weighted by atomic mass is 9.48. The lowest BCUT2D eigenvalue weighted by Gasteiger charge is -2.56. The molecule has 9 heteroatoms. The number of benzene rings is 2. The number of hydrogen-bond donors (Lipinski definition) is 0. The average molecular weight is 606 g/mol. The van der Waals surface area contributed by atoms with Crippen LogP contribution in [0.2, 0.25) is 0 Å². The fourth-order valence-electron chi connectivity index (χ4n) is 8.31. The average Bonchev–Trinajstić information content (AvgIpc) is 3.71. The fraction of sp³-hybridized carbons (Fsp3) is 0.371. The van der Waals surface area contributed by atoms with Gasteiger partial charge in [-0.1, -0.05) is 41.7 Å². The van der Waals surface area contributed by atoms with Gasteiger partial charge in [0.25, 0.3) is 5.56 Å². The first-order valence-corrected chi connectivity index (χ1v) is 16.4. The molecule has 0 saturated heterocycles. The summed E-state index contributed by atoms with van der Waals surface area (Å²) >= 11 is 1.38. The van der Waals surface area contributed by atoms with Crippen LogP contribution in [0.25, 0.3) is 28.9 Å². The van der Waals surface area contributed by atoms with Crippen molar-refractivity contribution in [3.63, 3.8) is 0 Å². The lowest BCUT2D eigenvalue weighted by molar-refractivity contribution is -0.00743. The third-order valence-electron chi connectivity index (χ3n) is 9.70. The summed E-state index contributed by atoms with van der Waals surface area (Å²) in [5.74, 6) is 4.26. The van der Waals surface area contributed by atoms with Crippen LogP contribution in [-0.2, 0) is 5.41 Å². The molecule has 8 nitrogen and oxygen atoms in total. The predicted octanol–water partition coefficient (Wildman–Crippen LogP) is 5.93. The maximum atomic E-state index is 13.6. The number of para-hydroxylation sites is 1. The molecule has 0 unspecified atom stereocenters. The molecule has 4 aliphatic rings. The van der Waals surface area contributed by atoms with Crippen LogP contribution in [0.1, 0.15) is 68.1 Å². The summed E-state index contributed by atoms with van der Waals surface area (Å²) in [6, 6.07) is 16.0. The van der Waals surface area contributed by atoms with E-state index in [0.29, 0.717) is 33.4 Å². The number of fused-ring (bicyclic) bond motifs is 1. The van der Waals surface area contributed by atoms with Crippen molar-refractivity contribution in [2.75, 3.05) is 13.7 Å². The topological polar surface area (TPSA) is 83.5 Å². The molecule has 0 N–H and O–H groups in total. The molecule has 0 aliphatic heterocycles. The second-order valence-electron chi connectivity index (χ2n) is 12.7. The number of rotatable bonds is 8. The zero-order valence-corrected chi connectivity index (χ0v) is 25.8. The third-order valence-corrected chi connectivity index (χ3v) is 10.7. The smallest absolute Gasteiger partial charge is 0.291 e. The number of hydrogen-bond acceptors (Lipinski definition) is 7. The Morgan fingerprint density at radius 2 is 1.73 bits per heavy atom. The van der Waals surface area contributed by atoms with Crippen LogP contribution in [0.5, 0.6) is 11.5 Å². The Labute approximate surface area is 259 Å². The summed E-state index contributed by atoms with van der Waals surface area (Å²) in [6.45, 7) is 2.51. The van der Waals surface area contributed by atoms with E-state index in [1.807, 2.05) is 66.2 Å². The highest BCUT2D eigenvalue weighted by Gasteiger charge is 2.53. The van der Waals surface area contributed by atoms with E-state index in [-0.39, 0.29) is 11.0 Å². The highest BCUT2D eigenvalue weighted by molar-refractivity contribution is 7.15. The van der Waals surface area contributed by atoms with Gasteiger partial charge < -0.3 is 9.47 Å². The highest BCUT2D eigenvalue weighted by Crippen LogP contribution is 2.61. The summed E-state index contributed by atoms with van der Waals surface area (Å²) < 4.78 is 15.1. The molecular formula is C35H35N5O3S. The molecule has 4 saturated carbocycles. The fourth-order valence-corrected chi connectivity index (χ4v) is 9.22. The number of ether oxygens (including phenoxy) is 2. The maximum Gasteiger partial charge on any atom is 0.291 e. The van der Waals surface area contributed by atoms with Crippen LogP contribution in [0.4, 0.5) is 0 Å². The highest BCUT2D eigenvalue weighted by atomic mass is 32.1. The number of thiazole rings is 1. The maximum absolute atomic E-state index is 13.6. The van der Waals surface area contributed by atoms with Crippen LogP contribution in [-0.4, -0.2) is 38.1 Å². The van der Waals surface area contributed by atoms with Crippen molar-refractivity contribution in [3.05, 3.63) is 92.3 Å². The quantitative estimate of drug-likeness (QED) is 0.218. The van der Waals surface area contributed by atoms with Crippen LogP contribution in [0, 0.1) is 17.8 Å². The second-order valence-corrected chi connectivity index (χ2v) is 13.7. The third kappa shape index (κ3) is 4.74. The van der Waals surface area contributed by atoms with Crippen molar-refractivity contribution in [2.45, 2.75) is 50.9 Å². The SMILES string of the molecule is CCOc1ccc(/C=C/c2nc3s/c(=C\c4cn(-c5ccccc5)nc4C45CC6CC(CC(C6)C4)C5)c(=O)n3n2)cc1OC. The van der Waals surface area contributed by atoms with Crippen LogP contribution >= 0.6 is 11.3 Å². The predicted molar refractivity (Wildman–Crippen MR) is 172 cm³/mol. The first kappa shape index (κ1) is 27.3. The van der Waals surface area contributed by atoms with E-state index in [1.54, 1.807) is 7.11 Å². The molecule has 224 valence electrons. The van der Waals surface area contributed by atoms with Gasteiger partial charge in [0.2, 0.25) is 4.96 Å². The van der Waals surface area contributed by atoms with Crippen LogP contribution in [0.3, 0.4) is 0 Å². The van der Waals surface area contributed by atoms with E-state index in [4.69, 9.17) is 14.6 Å². The van der Waals surface area contributed by atoms with Crippen molar-refractivity contribution >= 4 is 34.5 Å². The Morgan fingerprint density at radius 1 is 0.977 bits per heavy atom. The monoisotopic (exact) mass is 605 g/mol. The minimum atomic E-state index is -0.149. The van der Waals surface area contributed by atoms with Gasteiger partial charge in [-0.3, -0.25) is 4.79 Å². The normalized spacial score (nSPS) is 24.6. The van der Waals surface area contributed by atoms with Crippen molar-refractivity contribution in [1.29, 1.82) is 0 Å². The first-order chi connectivity index (χ1) is 21.5. The molecule has 0 amide bonds. The minimum absolute atomic E-state index is 0.0980. The van der Waals surface area contributed by atoms with Crippen LogP contribution in [0.15, 0.2) is 59.5 Å². The van der Waals surface area contributed by atoms with Crippen molar-refractivity contribution in [3.8, 4) is 17.2 Å². The van der Waals surface area contributed by atoms with Crippen LogP contribution < -0.4 is 19.6 Å². The Bertz CT molecular complexity index is 1950. The Kier molecular flexibility index (Phi) is 6.66. The zero-order chi connectivity index (χ0) is 29.8.